The quantitative estimate of drug-likeness (QED) is 0.363. The number of anilines is 1. The minimum Gasteiger partial charge on any atom is -0.462 e. The molecule has 202 valence electrons. The summed E-state index contributed by atoms with van der Waals surface area (Å²) in [6.45, 7) is 9.12. The van der Waals surface area contributed by atoms with Crippen LogP contribution in [0.25, 0.3) is 33.1 Å². The normalized spacial score (nSPS) is 25.2. The number of hydrogen-bond acceptors (Lipinski definition) is 8. The van der Waals surface area contributed by atoms with Gasteiger partial charge in [-0.1, -0.05) is 6.08 Å². The molecule has 1 aromatic carbocycles. The third-order valence-electron chi connectivity index (χ3n) is 8.85. The Bertz CT molecular complexity index is 1590. The van der Waals surface area contributed by atoms with E-state index in [2.05, 4.69) is 38.9 Å². The molecule has 3 aliphatic rings. The average Bonchev–Trinajstić information content (AvgIpc) is 3.65. The zero-order valence-corrected chi connectivity index (χ0v) is 22.4. The Morgan fingerprint density at radius 2 is 2.13 bits per heavy atom. The van der Waals surface area contributed by atoms with E-state index in [0.717, 1.165) is 61.0 Å². The van der Waals surface area contributed by atoms with Crippen LogP contribution < -0.4 is 15.0 Å². The molecule has 0 radical (unpaired) electrons. The largest absolute Gasteiger partial charge is 0.462 e. The second-order valence-corrected chi connectivity index (χ2v) is 11.3. The van der Waals surface area contributed by atoms with E-state index in [0.29, 0.717) is 47.0 Å². The number of nitrogens with zero attached hydrogens (tertiary/aromatic N) is 6. The summed E-state index contributed by atoms with van der Waals surface area (Å²) in [5, 5.41) is 12.4. The molecule has 3 aliphatic heterocycles. The standard InChI is InChI=1S/C29H33FN8O/c1-4-29-8-7-18(35-29)14-38(16-29)27-21-12-31-25(26-17(2)22(30)10-24-20(26)13-32-36-24)11-23(21)33-28(34-27)39-15-19-6-5-9-37(19)3/h4,10-13,18-19,35H,1,5-9,14-16H2,2-3H3,(H,32,36). The molecule has 2 bridgehead atoms. The van der Waals surface area contributed by atoms with Gasteiger partial charge in [0.05, 0.1) is 33.8 Å². The Kier molecular flexibility index (Phi) is 5.78. The number of fused-ring (bicyclic) bond motifs is 4. The van der Waals surface area contributed by atoms with Gasteiger partial charge in [0.2, 0.25) is 0 Å². The molecule has 0 aliphatic carbocycles. The fourth-order valence-corrected chi connectivity index (χ4v) is 6.59. The number of likely N-dealkylation sites (N-methyl/N-ethyl adjacent to an activating group) is 1. The molecule has 0 amide bonds. The van der Waals surface area contributed by atoms with Gasteiger partial charge in [-0.05, 0) is 63.9 Å². The van der Waals surface area contributed by atoms with Crippen LogP contribution in [0, 0.1) is 12.7 Å². The van der Waals surface area contributed by atoms with E-state index < -0.39 is 0 Å². The van der Waals surface area contributed by atoms with Crippen molar-refractivity contribution in [2.24, 2.45) is 0 Å². The summed E-state index contributed by atoms with van der Waals surface area (Å²) < 4.78 is 21.1. The fraction of sp³-hybridized carbons (Fsp3) is 0.448. The van der Waals surface area contributed by atoms with Crippen molar-refractivity contribution in [2.45, 2.75) is 50.2 Å². The lowest BCUT2D eigenvalue weighted by molar-refractivity contribution is 0.188. The third kappa shape index (κ3) is 4.13. The van der Waals surface area contributed by atoms with E-state index in [4.69, 9.17) is 19.7 Å². The Morgan fingerprint density at radius 1 is 1.23 bits per heavy atom. The predicted molar refractivity (Wildman–Crippen MR) is 150 cm³/mol. The first-order valence-corrected chi connectivity index (χ1v) is 13.7. The summed E-state index contributed by atoms with van der Waals surface area (Å²) in [4.78, 5) is 19.2. The number of hydrogen-bond donors (Lipinski definition) is 2. The van der Waals surface area contributed by atoms with E-state index in [9.17, 15) is 4.39 Å². The van der Waals surface area contributed by atoms with Gasteiger partial charge < -0.3 is 19.9 Å². The number of ether oxygens (including phenoxy) is 1. The van der Waals surface area contributed by atoms with Gasteiger partial charge in [-0.2, -0.15) is 15.1 Å². The molecule has 3 fully saturated rings. The molecule has 0 saturated carbocycles. The summed E-state index contributed by atoms with van der Waals surface area (Å²) in [5.41, 5.74) is 3.10. The number of benzene rings is 1. The van der Waals surface area contributed by atoms with Gasteiger partial charge in [0.15, 0.2) is 0 Å². The van der Waals surface area contributed by atoms with Crippen LogP contribution in [-0.4, -0.2) is 81.0 Å². The van der Waals surface area contributed by atoms with Gasteiger partial charge in [-0.25, -0.2) is 4.39 Å². The van der Waals surface area contributed by atoms with Crippen LogP contribution in [0.15, 0.2) is 37.2 Å². The van der Waals surface area contributed by atoms with Crippen molar-refractivity contribution in [3.05, 3.63) is 48.6 Å². The Balaban J connectivity index is 1.34. The van der Waals surface area contributed by atoms with Crippen LogP contribution in [0.4, 0.5) is 10.2 Å². The van der Waals surface area contributed by atoms with E-state index in [1.54, 1.807) is 13.1 Å². The summed E-state index contributed by atoms with van der Waals surface area (Å²) >= 11 is 0. The number of nitrogens with one attached hydrogen (secondary N) is 2. The minimum atomic E-state index is -0.303. The zero-order valence-electron chi connectivity index (χ0n) is 22.4. The van der Waals surface area contributed by atoms with Gasteiger partial charge in [0.1, 0.15) is 18.2 Å². The molecule has 2 N–H and O–H groups in total. The van der Waals surface area contributed by atoms with E-state index in [-0.39, 0.29) is 11.4 Å². The topological polar surface area (TPSA) is 95.1 Å². The number of aromatic amines is 1. The van der Waals surface area contributed by atoms with Crippen LogP contribution in [0.5, 0.6) is 6.01 Å². The molecule has 3 saturated heterocycles. The van der Waals surface area contributed by atoms with Crippen LogP contribution in [0.3, 0.4) is 0 Å². The SMILES string of the molecule is C=CC12CCC(CN(c3nc(OCC4CCCN4C)nc4cc(-c5c(C)c(F)cc6[nH]ncc56)ncc34)C1)N2. The summed E-state index contributed by atoms with van der Waals surface area (Å²) in [6.07, 6.45) is 10.00. The molecule has 9 nitrogen and oxygen atoms in total. The molecule has 3 atom stereocenters. The molecule has 3 unspecified atom stereocenters. The van der Waals surface area contributed by atoms with Crippen LogP contribution in [0.2, 0.25) is 0 Å². The van der Waals surface area contributed by atoms with Gasteiger partial charge in [-0.15, -0.1) is 6.58 Å². The van der Waals surface area contributed by atoms with Crippen LogP contribution in [0.1, 0.15) is 31.2 Å². The lowest BCUT2D eigenvalue weighted by atomic mass is 9.97. The number of halogens is 1. The van der Waals surface area contributed by atoms with Crippen molar-refractivity contribution < 1.29 is 9.13 Å². The van der Waals surface area contributed by atoms with Crippen LogP contribution in [-0.2, 0) is 0 Å². The third-order valence-corrected chi connectivity index (χ3v) is 8.85. The highest BCUT2D eigenvalue weighted by Crippen LogP contribution is 2.38. The van der Waals surface area contributed by atoms with Crippen molar-refractivity contribution >= 4 is 27.6 Å². The van der Waals surface area contributed by atoms with Gasteiger partial charge in [0, 0.05) is 42.3 Å². The molecule has 4 aromatic rings. The molecular formula is C29H33FN8O. The molecule has 39 heavy (non-hydrogen) atoms. The number of pyridine rings is 1. The van der Waals surface area contributed by atoms with Crippen LogP contribution >= 0.6 is 0 Å². The van der Waals surface area contributed by atoms with Crippen molar-refractivity contribution in [3.63, 3.8) is 0 Å². The Hall–Kier alpha value is -3.63. The Morgan fingerprint density at radius 3 is 2.95 bits per heavy atom. The summed E-state index contributed by atoms with van der Waals surface area (Å²) in [7, 11) is 2.13. The van der Waals surface area contributed by atoms with Crippen molar-refractivity contribution in [3.8, 4) is 17.3 Å². The second kappa shape index (κ2) is 9.24. The number of rotatable bonds is 6. The second-order valence-electron chi connectivity index (χ2n) is 11.3. The Labute approximate surface area is 226 Å². The lowest BCUT2D eigenvalue weighted by Crippen LogP contribution is -2.58. The lowest BCUT2D eigenvalue weighted by Gasteiger charge is -2.40. The van der Waals surface area contributed by atoms with Gasteiger partial charge in [0.25, 0.3) is 0 Å². The summed E-state index contributed by atoms with van der Waals surface area (Å²) in [5.74, 6) is 0.514. The average molecular weight is 529 g/mol. The minimum absolute atomic E-state index is 0.132. The smallest absolute Gasteiger partial charge is 0.319 e. The van der Waals surface area contributed by atoms with Crippen molar-refractivity contribution in [1.29, 1.82) is 0 Å². The fourth-order valence-electron chi connectivity index (χ4n) is 6.59. The first-order chi connectivity index (χ1) is 18.9. The highest BCUT2D eigenvalue weighted by Gasteiger charge is 2.43. The first-order valence-electron chi connectivity index (χ1n) is 13.7. The maximum atomic E-state index is 14.8. The van der Waals surface area contributed by atoms with Gasteiger partial charge >= 0.3 is 6.01 Å². The number of H-pyrrole nitrogens is 1. The highest BCUT2D eigenvalue weighted by atomic mass is 19.1. The molecule has 0 spiro atoms. The van der Waals surface area contributed by atoms with Crippen molar-refractivity contribution in [2.75, 3.05) is 38.2 Å². The van der Waals surface area contributed by atoms with E-state index in [1.165, 1.54) is 12.5 Å². The molecule has 7 rings (SSSR count). The van der Waals surface area contributed by atoms with Crippen molar-refractivity contribution in [1.82, 2.24) is 35.4 Å². The number of aromatic nitrogens is 5. The highest BCUT2D eigenvalue weighted by molar-refractivity contribution is 5.98. The maximum absolute atomic E-state index is 14.8. The zero-order chi connectivity index (χ0) is 26.7. The molecule has 3 aromatic heterocycles. The monoisotopic (exact) mass is 528 g/mol. The molecule has 6 heterocycles. The maximum Gasteiger partial charge on any atom is 0.319 e. The van der Waals surface area contributed by atoms with E-state index >= 15 is 0 Å². The van der Waals surface area contributed by atoms with E-state index in [1.807, 2.05) is 18.3 Å². The van der Waals surface area contributed by atoms with Gasteiger partial charge in [-0.3, -0.25) is 10.1 Å². The predicted octanol–water partition coefficient (Wildman–Crippen LogP) is 3.99. The number of piperazine rings is 1. The molecular weight excluding hydrogens is 495 g/mol. The first kappa shape index (κ1) is 24.4. The number of likely N-dealkylation sites (tertiary alicyclic amines) is 1. The molecule has 10 heteroatoms. The summed E-state index contributed by atoms with van der Waals surface area (Å²) in [6, 6.07) is 4.48.